The maximum atomic E-state index is 13.3. The van der Waals surface area contributed by atoms with Crippen molar-refractivity contribution in [1.29, 1.82) is 0 Å². The van der Waals surface area contributed by atoms with Gasteiger partial charge in [0.15, 0.2) is 0 Å². The molecule has 0 saturated carbocycles. The number of hydrogen-bond acceptors (Lipinski definition) is 3. The predicted molar refractivity (Wildman–Crippen MR) is 100 cm³/mol. The molecule has 2 aromatic carbocycles. The molecule has 0 unspecified atom stereocenters. The molecule has 1 aliphatic rings. The summed E-state index contributed by atoms with van der Waals surface area (Å²) in [5.41, 5.74) is 1.81. The second-order valence-electron chi connectivity index (χ2n) is 6.49. The van der Waals surface area contributed by atoms with Crippen LogP contribution in [0.1, 0.15) is 30.4 Å². The van der Waals surface area contributed by atoms with E-state index in [0.29, 0.717) is 6.54 Å². The first kappa shape index (κ1) is 18.8. The molecular formula is C22H22FNO3. The molecule has 1 aliphatic heterocycles. The number of benzene rings is 2. The second kappa shape index (κ2) is 8.62. The SMILES string of the molecule is CCOC(=O)C[C@@H]1C(=O)N(Cc2ccccc2)C=C[C@H]1c1ccc(F)cc1. The lowest BCUT2D eigenvalue weighted by atomic mass is 9.81. The fourth-order valence-corrected chi connectivity index (χ4v) is 3.32. The molecule has 1 heterocycles. The zero-order chi connectivity index (χ0) is 19.2. The molecule has 0 aliphatic carbocycles. The van der Waals surface area contributed by atoms with Gasteiger partial charge in [0.2, 0.25) is 5.91 Å². The standard InChI is InChI=1S/C22H22FNO3/c1-2-27-21(25)14-20-19(17-8-10-18(23)11-9-17)12-13-24(22(20)26)15-16-6-4-3-5-7-16/h3-13,19-20H,2,14-15H2,1H3/t19-,20-/m0/s1. The Hall–Kier alpha value is -2.95. The number of nitrogens with zero attached hydrogens (tertiary/aromatic N) is 1. The number of carbonyl (C=O) groups is 2. The zero-order valence-electron chi connectivity index (χ0n) is 15.2. The van der Waals surface area contributed by atoms with E-state index >= 15 is 0 Å². The van der Waals surface area contributed by atoms with Crippen molar-refractivity contribution < 1.29 is 18.7 Å². The van der Waals surface area contributed by atoms with Crippen LogP contribution in [-0.2, 0) is 20.9 Å². The van der Waals surface area contributed by atoms with Crippen LogP contribution < -0.4 is 0 Å². The molecule has 0 bridgehead atoms. The highest BCUT2D eigenvalue weighted by Crippen LogP contribution is 2.34. The van der Waals surface area contributed by atoms with E-state index in [1.54, 1.807) is 30.2 Å². The monoisotopic (exact) mass is 367 g/mol. The van der Waals surface area contributed by atoms with Crippen molar-refractivity contribution in [1.82, 2.24) is 4.90 Å². The average molecular weight is 367 g/mol. The highest BCUT2D eigenvalue weighted by atomic mass is 19.1. The summed E-state index contributed by atoms with van der Waals surface area (Å²) in [6.07, 6.45) is 3.65. The van der Waals surface area contributed by atoms with Crippen LogP contribution in [0.2, 0.25) is 0 Å². The number of rotatable bonds is 6. The number of halogens is 1. The van der Waals surface area contributed by atoms with E-state index in [1.807, 2.05) is 36.4 Å². The van der Waals surface area contributed by atoms with Crippen molar-refractivity contribution in [3.8, 4) is 0 Å². The van der Waals surface area contributed by atoms with Gasteiger partial charge < -0.3 is 9.64 Å². The molecule has 0 N–H and O–H groups in total. The van der Waals surface area contributed by atoms with E-state index < -0.39 is 11.9 Å². The van der Waals surface area contributed by atoms with Gasteiger partial charge in [0.05, 0.1) is 25.5 Å². The minimum absolute atomic E-state index is 0.00958. The summed E-state index contributed by atoms with van der Waals surface area (Å²) in [5, 5.41) is 0. The van der Waals surface area contributed by atoms with Crippen LogP contribution in [-0.4, -0.2) is 23.4 Å². The molecule has 2 atom stereocenters. The van der Waals surface area contributed by atoms with E-state index in [1.165, 1.54) is 12.1 Å². The Labute approximate surface area is 158 Å². The Balaban J connectivity index is 1.87. The number of esters is 1. The fourth-order valence-electron chi connectivity index (χ4n) is 3.32. The Kier molecular flexibility index (Phi) is 6.01. The van der Waals surface area contributed by atoms with Crippen LogP contribution >= 0.6 is 0 Å². The van der Waals surface area contributed by atoms with Crippen LogP contribution in [0.3, 0.4) is 0 Å². The topological polar surface area (TPSA) is 46.6 Å². The first-order valence-corrected chi connectivity index (χ1v) is 9.02. The van der Waals surface area contributed by atoms with Crippen LogP contribution in [0.15, 0.2) is 66.9 Å². The lowest BCUT2D eigenvalue weighted by Gasteiger charge is -2.33. The first-order valence-electron chi connectivity index (χ1n) is 9.02. The minimum atomic E-state index is -0.580. The molecule has 0 spiro atoms. The van der Waals surface area contributed by atoms with E-state index in [-0.39, 0.29) is 30.7 Å². The van der Waals surface area contributed by atoms with Gasteiger partial charge in [-0.2, -0.15) is 0 Å². The number of ether oxygens (including phenoxy) is 1. The van der Waals surface area contributed by atoms with Crippen LogP contribution in [0.4, 0.5) is 4.39 Å². The van der Waals surface area contributed by atoms with Gasteiger partial charge in [-0.05, 0) is 30.2 Å². The van der Waals surface area contributed by atoms with Crippen molar-refractivity contribution in [3.05, 3.63) is 83.8 Å². The fraction of sp³-hybridized carbons (Fsp3) is 0.273. The molecule has 0 radical (unpaired) electrons. The number of allylic oxidation sites excluding steroid dienone is 1. The summed E-state index contributed by atoms with van der Waals surface area (Å²) < 4.78 is 18.3. The highest BCUT2D eigenvalue weighted by molar-refractivity contribution is 5.86. The molecule has 0 fully saturated rings. The Morgan fingerprint density at radius 3 is 2.48 bits per heavy atom. The Bertz CT molecular complexity index is 817. The number of carbonyl (C=O) groups excluding carboxylic acids is 2. The smallest absolute Gasteiger partial charge is 0.306 e. The van der Waals surface area contributed by atoms with E-state index in [2.05, 4.69) is 0 Å². The third-order valence-electron chi connectivity index (χ3n) is 4.65. The van der Waals surface area contributed by atoms with Gasteiger partial charge in [0.25, 0.3) is 0 Å². The third kappa shape index (κ3) is 4.61. The number of hydrogen-bond donors (Lipinski definition) is 0. The zero-order valence-corrected chi connectivity index (χ0v) is 15.2. The predicted octanol–water partition coefficient (Wildman–Crippen LogP) is 4.03. The summed E-state index contributed by atoms with van der Waals surface area (Å²) in [7, 11) is 0. The maximum absolute atomic E-state index is 13.3. The van der Waals surface area contributed by atoms with Gasteiger partial charge in [-0.3, -0.25) is 9.59 Å². The first-order chi connectivity index (χ1) is 13.1. The van der Waals surface area contributed by atoms with Crippen molar-refractivity contribution in [3.63, 3.8) is 0 Å². The van der Waals surface area contributed by atoms with E-state index in [9.17, 15) is 14.0 Å². The van der Waals surface area contributed by atoms with Crippen LogP contribution in [0, 0.1) is 11.7 Å². The van der Waals surface area contributed by atoms with Crippen molar-refractivity contribution in [2.75, 3.05) is 6.61 Å². The molecule has 1 amide bonds. The molecule has 140 valence electrons. The summed E-state index contributed by atoms with van der Waals surface area (Å²) in [6.45, 7) is 2.44. The van der Waals surface area contributed by atoms with E-state index in [4.69, 9.17) is 4.74 Å². The molecule has 4 nitrogen and oxygen atoms in total. The molecule has 0 saturated heterocycles. The van der Waals surface area contributed by atoms with Crippen LogP contribution in [0.5, 0.6) is 0 Å². The van der Waals surface area contributed by atoms with Crippen molar-refractivity contribution in [2.24, 2.45) is 5.92 Å². The van der Waals surface area contributed by atoms with Gasteiger partial charge in [0, 0.05) is 12.1 Å². The van der Waals surface area contributed by atoms with Crippen molar-refractivity contribution in [2.45, 2.75) is 25.8 Å². The molecule has 3 rings (SSSR count). The van der Waals surface area contributed by atoms with Gasteiger partial charge >= 0.3 is 5.97 Å². The Morgan fingerprint density at radius 1 is 1.11 bits per heavy atom. The number of amides is 1. The third-order valence-corrected chi connectivity index (χ3v) is 4.65. The van der Waals surface area contributed by atoms with E-state index in [0.717, 1.165) is 11.1 Å². The lowest BCUT2D eigenvalue weighted by Crippen LogP contribution is -2.39. The molecular weight excluding hydrogens is 345 g/mol. The summed E-state index contributed by atoms with van der Waals surface area (Å²) in [5.74, 6) is -1.75. The minimum Gasteiger partial charge on any atom is -0.466 e. The second-order valence-corrected chi connectivity index (χ2v) is 6.49. The van der Waals surface area contributed by atoms with Crippen molar-refractivity contribution >= 4 is 11.9 Å². The quantitative estimate of drug-likeness (QED) is 0.724. The molecule has 27 heavy (non-hydrogen) atoms. The molecule has 5 heteroatoms. The maximum Gasteiger partial charge on any atom is 0.306 e. The molecule has 0 aromatic heterocycles. The van der Waals surface area contributed by atoms with Gasteiger partial charge in [-0.25, -0.2) is 4.39 Å². The summed E-state index contributed by atoms with van der Waals surface area (Å²) >= 11 is 0. The normalized spacial score (nSPS) is 19.2. The Morgan fingerprint density at radius 2 is 1.81 bits per heavy atom. The highest BCUT2D eigenvalue weighted by Gasteiger charge is 2.36. The van der Waals surface area contributed by atoms with Gasteiger partial charge in [-0.15, -0.1) is 0 Å². The molecule has 2 aromatic rings. The lowest BCUT2D eigenvalue weighted by molar-refractivity contribution is -0.148. The van der Waals surface area contributed by atoms with Crippen LogP contribution in [0.25, 0.3) is 0 Å². The van der Waals surface area contributed by atoms with Gasteiger partial charge in [0.1, 0.15) is 5.82 Å². The summed E-state index contributed by atoms with van der Waals surface area (Å²) in [4.78, 5) is 26.8. The average Bonchev–Trinajstić information content (AvgIpc) is 2.67. The van der Waals surface area contributed by atoms with Gasteiger partial charge in [-0.1, -0.05) is 48.5 Å². The largest absolute Gasteiger partial charge is 0.466 e. The summed E-state index contributed by atoms with van der Waals surface area (Å²) in [6, 6.07) is 15.7.